The Morgan fingerprint density at radius 3 is 2.52 bits per heavy atom. The Balaban J connectivity index is 1.44. The summed E-state index contributed by atoms with van der Waals surface area (Å²) in [5, 5.41) is 33.0. The number of fused-ring (bicyclic) bond motifs is 2. The fourth-order valence-corrected chi connectivity index (χ4v) is 4.14. The van der Waals surface area contributed by atoms with E-state index in [0.29, 0.717) is 17.1 Å². The highest BCUT2D eigenvalue weighted by Gasteiger charge is 2.44. The molecule has 0 bridgehead atoms. The summed E-state index contributed by atoms with van der Waals surface area (Å²) in [6.45, 7) is -0.409. The van der Waals surface area contributed by atoms with Crippen LogP contribution in [0.15, 0.2) is 30.6 Å². The van der Waals surface area contributed by atoms with Crippen molar-refractivity contribution in [1.29, 1.82) is 0 Å². The molecule has 0 radical (unpaired) electrons. The van der Waals surface area contributed by atoms with Crippen LogP contribution in [0.5, 0.6) is 0 Å². The van der Waals surface area contributed by atoms with Gasteiger partial charge in [0.1, 0.15) is 23.8 Å². The average Bonchev–Trinajstić information content (AvgIpc) is 3.38. The molecule has 0 saturated carbocycles. The van der Waals surface area contributed by atoms with Crippen molar-refractivity contribution < 1.29 is 20.1 Å². The molecule has 1 aliphatic heterocycles. The molecule has 10 heteroatoms. The fraction of sp³-hybridized carbons (Fsp3) is 0.421. The number of anilines is 2. The number of aliphatic hydroxyl groups excluding tert-OH is 3. The van der Waals surface area contributed by atoms with E-state index in [9.17, 15) is 15.3 Å². The molecule has 4 atom stereocenters. The largest absolute Gasteiger partial charge is 0.394 e. The Morgan fingerprint density at radius 1 is 1.14 bits per heavy atom. The molecule has 0 spiro atoms. The van der Waals surface area contributed by atoms with E-state index >= 15 is 0 Å². The van der Waals surface area contributed by atoms with Gasteiger partial charge in [-0.3, -0.25) is 4.57 Å². The van der Waals surface area contributed by atoms with E-state index in [1.807, 2.05) is 12.1 Å². The first kappa shape index (κ1) is 18.3. The number of ether oxygens (including phenoxy) is 1. The van der Waals surface area contributed by atoms with Crippen LogP contribution in [0.3, 0.4) is 0 Å². The molecule has 2 aromatic heterocycles. The monoisotopic (exact) mass is 398 g/mol. The quantitative estimate of drug-likeness (QED) is 0.395. The van der Waals surface area contributed by atoms with Gasteiger partial charge in [0.25, 0.3) is 0 Å². The summed E-state index contributed by atoms with van der Waals surface area (Å²) >= 11 is 0. The fourth-order valence-electron chi connectivity index (χ4n) is 4.14. The lowest BCUT2D eigenvalue weighted by Gasteiger charge is -2.17. The topological polar surface area (TPSA) is 152 Å². The second-order valence-electron chi connectivity index (χ2n) is 7.50. The lowest BCUT2D eigenvalue weighted by atomic mass is 10.1. The number of nitrogens with zero attached hydrogens (tertiary/aromatic N) is 4. The van der Waals surface area contributed by atoms with Crippen LogP contribution in [0.4, 0.5) is 11.8 Å². The number of aromatic nitrogens is 4. The van der Waals surface area contributed by atoms with Gasteiger partial charge in [-0.1, -0.05) is 24.3 Å². The Bertz CT molecular complexity index is 1030. The third kappa shape index (κ3) is 3.01. The molecule has 29 heavy (non-hydrogen) atoms. The van der Waals surface area contributed by atoms with Crippen molar-refractivity contribution in [3.05, 3.63) is 41.7 Å². The van der Waals surface area contributed by atoms with Crippen LogP contribution in [0.2, 0.25) is 0 Å². The zero-order chi connectivity index (χ0) is 20.1. The van der Waals surface area contributed by atoms with E-state index in [-0.39, 0.29) is 11.9 Å². The first-order chi connectivity index (χ1) is 14.0. The molecule has 2 aliphatic rings. The van der Waals surface area contributed by atoms with Crippen molar-refractivity contribution in [1.82, 2.24) is 19.5 Å². The van der Waals surface area contributed by atoms with Crippen LogP contribution in [-0.2, 0) is 17.6 Å². The minimum atomic E-state index is -1.23. The zero-order valence-corrected chi connectivity index (χ0v) is 15.5. The van der Waals surface area contributed by atoms with Crippen LogP contribution in [0.25, 0.3) is 11.2 Å². The maximum Gasteiger partial charge on any atom is 0.227 e. The molecule has 1 fully saturated rings. The minimum Gasteiger partial charge on any atom is -0.394 e. The summed E-state index contributed by atoms with van der Waals surface area (Å²) in [5.74, 6) is 0.569. The minimum absolute atomic E-state index is 0.148. The Labute approximate surface area is 166 Å². The van der Waals surface area contributed by atoms with Crippen LogP contribution < -0.4 is 11.1 Å². The Kier molecular flexibility index (Phi) is 4.36. The number of imidazole rings is 1. The lowest BCUT2D eigenvalue weighted by molar-refractivity contribution is -0.0511. The summed E-state index contributed by atoms with van der Waals surface area (Å²) in [6, 6.07) is 8.44. The summed E-state index contributed by atoms with van der Waals surface area (Å²) in [4.78, 5) is 13.1. The van der Waals surface area contributed by atoms with Gasteiger partial charge in [0.2, 0.25) is 5.95 Å². The van der Waals surface area contributed by atoms with Gasteiger partial charge >= 0.3 is 0 Å². The first-order valence-corrected chi connectivity index (χ1v) is 9.51. The van der Waals surface area contributed by atoms with Crippen molar-refractivity contribution in [2.75, 3.05) is 17.7 Å². The highest BCUT2D eigenvalue weighted by atomic mass is 16.6. The molecular formula is C19H22N6O4. The van der Waals surface area contributed by atoms with Gasteiger partial charge in [0.15, 0.2) is 17.7 Å². The van der Waals surface area contributed by atoms with Crippen molar-refractivity contribution in [3.8, 4) is 0 Å². The van der Waals surface area contributed by atoms with Crippen molar-refractivity contribution in [2.45, 2.75) is 43.4 Å². The molecule has 1 aromatic carbocycles. The van der Waals surface area contributed by atoms with Crippen LogP contribution in [0, 0.1) is 0 Å². The summed E-state index contributed by atoms with van der Waals surface area (Å²) in [7, 11) is 0. The van der Waals surface area contributed by atoms with Gasteiger partial charge in [-0.05, 0) is 24.0 Å². The number of nitrogen functional groups attached to an aromatic ring is 1. The van der Waals surface area contributed by atoms with Gasteiger partial charge in [-0.25, -0.2) is 4.98 Å². The van der Waals surface area contributed by atoms with Crippen LogP contribution >= 0.6 is 0 Å². The molecule has 152 valence electrons. The second-order valence-corrected chi connectivity index (χ2v) is 7.50. The average molecular weight is 398 g/mol. The molecule has 10 nitrogen and oxygen atoms in total. The number of hydrogen-bond acceptors (Lipinski definition) is 9. The molecule has 3 heterocycles. The molecule has 0 amide bonds. The normalized spacial score (nSPS) is 26.9. The molecule has 2 unspecified atom stereocenters. The highest BCUT2D eigenvalue weighted by Crippen LogP contribution is 2.32. The van der Waals surface area contributed by atoms with E-state index < -0.39 is 31.1 Å². The van der Waals surface area contributed by atoms with Gasteiger partial charge in [-0.15, -0.1) is 0 Å². The van der Waals surface area contributed by atoms with E-state index in [4.69, 9.17) is 10.5 Å². The maximum atomic E-state index is 10.3. The predicted octanol–water partition coefficient (Wildman–Crippen LogP) is -0.401. The molecule has 1 saturated heterocycles. The van der Waals surface area contributed by atoms with Gasteiger partial charge in [0.05, 0.1) is 12.9 Å². The summed E-state index contributed by atoms with van der Waals surface area (Å²) in [5.41, 5.74) is 9.44. The second kappa shape index (κ2) is 6.92. The first-order valence-electron chi connectivity index (χ1n) is 9.51. The Hall–Kier alpha value is -2.79. The van der Waals surface area contributed by atoms with E-state index in [0.717, 1.165) is 12.8 Å². The third-order valence-electron chi connectivity index (χ3n) is 5.62. The summed E-state index contributed by atoms with van der Waals surface area (Å²) < 4.78 is 7.10. The molecule has 5 rings (SSSR count). The standard InChI is InChI=1S/C19H22N6O4/c20-16-13-17(25(8-21-13)18-15(28)14(27)12(7-26)29-18)24-19(23-16)22-11-5-9-3-1-2-4-10(9)6-11/h1-4,8,11-12,14-15,18,26-28H,5-7H2,(H3,20,22,23,24)/t12-,14?,15?,18-/m1/s1. The van der Waals surface area contributed by atoms with Crippen molar-refractivity contribution in [2.24, 2.45) is 0 Å². The van der Waals surface area contributed by atoms with E-state index in [1.54, 1.807) is 0 Å². The number of benzene rings is 1. The highest BCUT2D eigenvalue weighted by molar-refractivity contribution is 5.83. The van der Waals surface area contributed by atoms with Gasteiger partial charge < -0.3 is 31.1 Å². The number of nitrogens with two attached hydrogens (primary N) is 1. The maximum absolute atomic E-state index is 10.3. The van der Waals surface area contributed by atoms with Crippen LogP contribution in [-0.4, -0.2) is 65.8 Å². The lowest BCUT2D eigenvalue weighted by Crippen LogP contribution is -2.33. The molecule has 6 N–H and O–H groups in total. The van der Waals surface area contributed by atoms with Crippen molar-refractivity contribution in [3.63, 3.8) is 0 Å². The number of rotatable bonds is 4. The summed E-state index contributed by atoms with van der Waals surface area (Å²) in [6.07, 6.45) is -1.11. The van der Waals surface area contributed by atoms with Crippen LogP contribution in [0.1, 0.15) is 17.4 Å². The third-order valence-corrected chi connectivity index (χ3v) is 5.62. The number of aliphatic hydroxyl groups is 3. The van der Waals surface area contributed by atoms with Crippen molar-refractivity contribution >= 4 is 22.9 Å². The molecular weight excluding hydrogens is 376 g/mol. The van der Waals surface area contributed by atoms with E-state index in [1.165, 1.54) is 22.0 Å². The smallest absolute Gasteiger partial charge is 0.227 e. The number of nitrogens with one attached hydrogen (secondary N) is 1. The zero-order valence-electron chi connectivity index (χ0n) is 15.5. The SMILES string of the molecule is Nc1nc(NC2Cc3ccccc3C2)nc2c1ncn2[C@@H]1O[C@H](CO)C(O)C1O. The van der Waals surface area contributed by atoms with E-state index in [2.05, 4.69) is 32.4 Å². The number of hydrogen-bond donors (Lipinski definition) is 5. The Morgan fingerprint density at radius 2 is 1.86 bits per heavy atom. The predicted molar refractivity (Wildman–Crippen MR) is 104 cm³/mol. The van der Waals surface area contributed by atoms with Gasteiger partial charge in [0, 0.05) is 6.04 Å². The van der Waals surface area contributed by atoms with Gasteiger partial charge in [-0.2, -0.15) is 9.97 Å². The molecule has 1 aliphatic carbocycles. The molecule has 3 aromatic rings.